The molecule has 2 rings (SSSR count). The van der Waals surface area contributed by atoms with Gasteiger partial charge >= 0.3 is 0 Å². The number of aryl methyl sites for hydroxylation is 2. The van der Waals surface area contributed by atoms with Crippen molar-refractivity contribution in [1.29, 1.82) is 0 Å². The van der Waals surface area contributed by atoms with E-state index in [9.17, 15) is 0 Å². The molecule has 1 aromatic carbocycles. The molecule has 2 aromatic rings. The third kappa shape index (κ3) is 3.05. The molecule has 20 heavy (non-hydrogen) atoms. The molecule has 0 atom stereocenters. The standard InChI is InChI=1S/C15H21N5/c1-4-13-18-14(11(3)15(19-13)20-16)17-9-12-8-6-5-7-10(12)2/h5-8H,4,9,16H2,1-3H3,(H2,17,18,19,20). The highest BCUT2D eigenvalue weighted by atomic mass is 15.3. The molecular weight excluding hydrogens is 250 g/mol. The fourth-order valence-electron chi connectivity index (χ4n) is 2.02. The van der Waals surface area contributed by atoms with Crippen LogP contribution in [0.3, 0.4) is 0 Å². The molecule has 0 spiro atoms. The van der Waals surface area contributed by atoms with Gasteiger partial charge in [0.25, 0.3) is 0 Å². The number of nitrogens with one attached hydrogen (secondary N) is 2. The van der Waals surface area contributed by atoms with E-state index < -0.39 is 0 Å². The molecule has 0 aliphatic carbocycles. The van der Waals surface area contributed by atoms with Gasteiger partial charge in [-0.15, -0.1) is 0 Å². The molecule has 5 nitrogen and oxygen atoms in total. The quantitative estimate of drug-likeness (QED) is 0.575. The van der Waals surface area contributed by atoms with Crippen molar-refractivity contribution in [3.8, 4) is 0 Å². The van der Waals surface area contributed by atoms with Gasteiger partial charge in [-0.1, -0.05) is 31.2 Å². The molecule has 0 aliphatic heterocycles. The lowest BCUT2D eigenvalue weighted by Gasteiger charge is -2.14. The first-order chi connectivity index (χ1) is 9.65. The van der Waals surface area contributed by atoms with Gasteiger partial charge in [0.05, 0.1) is 0 Å². The summed E-state index contributed by atoms with van der Waals surface area (Å²) in [5.74, 6) is 7.78. The fourth-order valence-corrected chi connectivity index (χ4v) is 2.02. The molecule has 0 bridgehead atoms. The molecule has 0 saturated heterocycles. The summed E-state index contributed by atoms with van der Waals surface area (Å²) in [4.78, 5) is 8.88. The summed E-state index contributed by atoms with van der Waals surface area (Å²) in [5.41, 5.74) is 6.08. The first-order valence-corrected chi connectivity index (χ1v) is 6.78. The van der Waals surface area contributed by atoms with E-state index in [-0.39, 0.29) is 0 Å². The molecule has 106 valence electrons. The number of nitrogen functional groups attached to an aromatic ring is 1. The van der Waals surface area contributed by atoms with Crippen molar-refractivity contribution < 1.29 is 0 Å². The number of hydrogen-bond acceptors (Lipinski definition) is 5. The maximum atomic E-state index is 5.51. The summed E-state index contributed by atoms with van der Waals surface area (Å²) in [6, 6.07) is 8.30. The van der Waals surface area contributed by atoms with Crippen molar-refractivity contribution in [1.82, 2.24) is 9.97 Å². The van der Waals surface area contributed by atoms with Crippen LogP contribution in [0.1, 0.15) is 29.4 Å². The highest BCUT2D eigenvalue weighted by molar-refractivity contribution is 5.57. The third-order valence-corrected chi connectivity index (χ3v) is 3.35. The minimum absolute atomic E-state index is 0.670. The molecule has 0 amide bonds. The monoisotopic (exact) mass is 271 g/mol. The second-order valence-corrected chi connectivity index (χ2v) is 4.74. The summed E-state index contributed by atoms with van der Waals surface area (Å²) in [5, 5.41) is 3.37. The van der Waals surface area contributed by atoms with Crippen LogP contribution in [0.25, 0.3) is 0 Å². The van der Waals surface area contributed by atoms with Crippen LogP contribution in [0.4, 0.5) is 11.6 Å². The number of aromatic nitrogens is 2. The van der Waals surface area contributed by atoms with Crippen LogP contribution in [-0.2, 0) is 13.0 Å². The average Bonchev–Trinajstić information content (AvgIpc) is 2.47. The van der Waals surface area contributed by atoms with E-state index in [1.807, 2.05) is 26.0 Å². The topological polar surface area (TPSA) is 75.9 Å². The lowest BCUT2D eigenvalue weighted by molar-refractivity contribution is 0.920. The summed E-state index contributed by atoms with van der Waals surface area (Å²) in [7, 11) is 0. The Morgan fingerprint density at radius 2 is 1.80 bits per heavy atom. The summed E-state index contributed by atoms with van der Waals surface area (Å²) < 4.78 is 0. The summed E-state index contributed by atoms with van der Waals surface area (Å²) >= 11 is 0. The molecule has 0 radical (unpaired) electrons. The van der Waals surface area contributed by atoms with Crippen LogP contribution >= 0.6 is 0 Å². The lowest BCUT2D eigenvalue weighted by atomic mass is 10.1. The number of anilines is 2. The van der Waals surface area contributed by atoms with Crippen LogP contribution in [0.15, 0.2) is 24.3 Å². The Labute approximate surface area is 119 Å². The largest absolute Gasteiger partial charge is 0.366 e. The molecule has 5 heteroatoms. The number of hydrogen-bond donors (Lipinski definition) is 3. The van der Waals surface area contributed by atoms with E-state index in [0.717, 1.165) is 30.2 Å². The zero-order chi connectivity index (χ0) is 14.5. The smallest absolute Gasteiger partial charge is 0.148 e. The molecule has 0 saturated carbocycles. The first kappa shape index (κ1) is 14.3. The number of nitrogens with zero attached hydrogens (tertiary/aromatic N) is 2. The molecule has 0 unspecified atom stereocenters. The third-order valence-electron chi connectivity index (χ3n) is 3.35. The maximum Gasteiger partial charge on any atom is 0.148 e. The molecule has 1 aromatic heterocycles. The number of hydrazine groups is 1. The predicted octanol–water partition coefficient (Wildman–Crippen LogP) is 2.55. The molecule has 0 aliphatic rings. The molecule has 4 N–H and O–H groups in total. The lowest BCUT2D eigenvalue weighted by Crippen LogP contribution is -2.15. The highest BCUT2D eigenvalue weighted by Gasteiger charge is 2.09. The fraction of sp³-hybridized carbons (Fsp3) is 0.333. The Bertz CT molecular complexity index is 595. The number of nitrogens with two attached hydrogens (primary N) is 1. The van der Waals surface area contributed by atoms with Crippen molar-refractivity contribution in [2.75, 3.05) is 10.7 Å². The Balaban J connectivity index is 2.23. The van der Waals surface area contributed by atoms with Gasteiger partial charge in [0.15, 0.2) is 0 Å². The second kappa shape index (κ2) is 6.34. The minimum atomic E-state index is 0.670. The normalized spacial score (nSPS) is 10.4. The van der Waals surface area contributed by atoms with E-state index in [0.29, 0.717) is 5.82 Å². The van der Waals surface area contributed by atoms with Gasteiger partial charge in [-0.25, -0.2) is 15.8 Å². The second-order valence-electron chi connectivity index (χ2n) is 4.74. The SMILES string of the molecule is CCc1nc(NN)c(C)c(NCc2ccccc2C)n1. The van der Waals surface area contributed by atoms with Gasteiger partial charge in [-0.3, -0.25) is 0 Å². The van der Waals surface area contributed by atoms with Crippen molar-refractivity contribution in [3.05, 3.63) is 46.8 Å². The number of rotatable bonds is 5. The van der Waals surface area contributed by atoms with Gasteiger partial charge in [0.1, 0.15) is 17.5 Å². The first-order valence-electron chi connectivity index (χ1n) is 6.78. The van der Waals surface area contributed by atoms with Crippen LogP contribution in [0.2, 0.25) is 0 Å². The van der Waals surface area contributed by atoms with Gasteiger partial charge in [-0.05, 0) is 25.0 Å². The van der Waals surface area contributed by atoms with E-state index in [1.54, 1.807) is 0 Å². The molecule has 0 fully saturated rings. The van der Waals surface area contributed by atoms with E-state index in [2.05, 4.69) is 39.8 Å². The van der Waals surface area contributed by atoms with Gasteiger partial charge in [-0.2, -0.15) is 0 Å². The van der Waals surface area contributed by atoms with Gasteiger partial charge in [0.2, 0.25) is 0 Å². The van der Waals surface area contributed by atoms with E-state index >= 15 is 0 Å². The van der Waals surface area contributed by atoms with Crippen LogP contribution in [-0.4, -0.2) is 9.97 Å². The Hall–Kier alpha value is -2.14. The van der Waals surface area contributed by atoms with Crippen molar-refractivity contribution in [2.45, 2.75) is 33.7 Å². The van der Waals surface area contributed by atoms with Crippen molar-refractivity contribution in [2.24, 2.45) is 5.84 Å². The Morgan fingerprint density at radius 1 is 1.10 bits per heavy atom. The zero-order valence-corrected chi connectivity index (χ0v) is 12.2. The van der Waals surface area contributed by atoms with Crippen LogP contribution < -0.4 is 16.6 Å². The van der Waals surface area contributed by atoms with Crippen LogP contribution in [0, 0.1) is 13.8 Å². The van der Waals surface area contributed by atoms with Crippen LogP contribution in [0.5, 0.6) is 0 Å². The Morgan fingerprint density at radius 3 is 2.45 bits per heavy atom. The molecule has 1 heterocycles. The van der Waals surface area contributed by atoms with Crippen molar-refractivity contribution >= 4 is 11.6 Å². The van der Waals surface area contributed by atoms with Crippen molar-refractivity contribution in [3.63, 3.8) is 0 Å². The zero-order valence-electron chi connectivity index (χ0n) is 12.2. The van der Waals surface area contributed by atoms with Gasteiger partial charge in [0, 0.05) is 18.5 Å². The minimum Gasteiger partial charge on any atom is -0.366 e. The highest BCUT2D eigenvalue weighted by Crippen LogP contribution is 2.20. The summed E-state index contributed by atoms with van der Waals surface area (Å²) in [6.07, 6.45) is 0.772. The Kier molecular flexibility index (Phi) is 4.53. The predicted molar refractivity (Wildman–Crippen MR) is 82.5 cm³/mol. The summed E-state index contributed by atoms with van der Waals surface area (Å²) in [6.45, 7) is 6.82. The van der Waals surface area contributed by atoms with E-state index in [1.165, 1.54) is 11.1 Å². The molecular formula is C15H21N5. The van der Waals surface area contributed by atoms with Gasteiger partial charge < -0.3 is 10.7 Å². The van der Waals surface area contributed by atoms with E-state index in [4.69, 9.17) is 5.84 Å². The number of benzene rings is 1. The average molecular weight is 271 g/mol. The maximum absolute atomic E-state index is 5.51.